The Morgan fingerprint density at radius 1 is 1.30 bits per heavy atom. The van der Waals surface area contributed by atoms with E-state index >= 15 is 0 Å². The highest BCUT2D eigenvalue weighted by Crippen LogP contribution is 2.28. The minimum Gasteiger partial charge on any atom is -0.478 e. The lowest BCUT2D eigenvalue weighted by Crippen LogP contribution is -2.10. The van der Waals surface area contributed by atoms with Crippen molar-refractivity contribution in [1.82, 2.24) is 9.97 Å². The Bertz CT molecular complexity index is 885. The molecule has 0 amide bonds. The highest BCUT2D eigenvalue weighted by Gasteiger charge is 2.10. The van der Waals surface area contributed by atoms with Gasteiger partial charge in [-0.15, -0.1) is 11.3 Å². The summed E-state index contributed by atoms with van der Waals surface area (Å²) >= 11 is 7.14. The van der Waals surface area contributed by atoms with E-state index in [1.807, 2.05) is 0 Å². The number of hydrogen-bond donors (Lipinski definition) is 2. The maximum absolute atomic E-state index is 12.0. The average molecular weight is 307 g/mol. The van der Waals surface area contributed by atoms with Gasteiger partial charge in [0.1, 0.15) is 0 Å². The van der Waals surface area contributed by atoms with Gasteiger partial charge >= 0.3 is 5.97 Å². The van der Waals surface area contributed by atoms with E-state index in [0.29, 0.717) is 21.1 Å². The molecule has 0 saturated carbocycles. The molecule has 0 bridgehead atoms. The van der Waals surface area contributed by atoms with Crippen LogP contribution in [0.15, 0.2) is 35.1 Å². The number of fused-ring (bicyclic) bond motifs is 1. The van der Waals surface area contributed by atoms with Gasteiger partial charge in [-0.05, 0) is 30.3 Å². The van der Waals surface area contributed by atoms with Crippen molar-refractivity contribution in [3.8, 4) is 10.7 Å². The standard InChI is InChI=1S/C13H7ClN2O3S/c14-10-4-3-9(20-10)11-15-8-5-6(13(18)19)1-2-7(8)12(17)16-11/h1-5H,(H,18,19)(H,15,16,17). The Morgan fingerprint density at radius 2 is 2.10 bits per heavy atom. The summed E-state index contributed by atoms with van der Waals surface area (Å²) in [5.74, 6) is -0.684. The molecular formula is C13H7ClN2O3S. The first kappa shape index (κ1) is 12.8. The van der Waals surface area contributed by atoms with Crippen LogP contribution in [0.5, 0.6) is 0 Å². The number of halogens is 1. The van der Waals surface area contributed by atoms with Crippen LogP contribution in [0.25, 0.3) is 21.6 Å². The van der Waals surface area contributed by atoms with Crippen LogP contribution in [-0.4, -0.2) is 21.0 Å². The van der Waals surface area contributed by atoms with Crippen LogP contribution in [0.4, 0.5) is 0 Å². The van der Waals surface area contributed by atoms with E-state index in [1.54, 1.807) is 12.1 Å². The number of rotatable bonds is 2. The first-order chi connectivity index (χ1) is 9.54. The molecule has 0 aliphatic heterocycles. The number of carbonyl (C=O) groups is 1. The third-order valence-electron chi connectivity index (χ3n) is 2.76. The summed E-state index contributed by atoms with van der Waals surface area (Å²) < 4.78 is 0.585. The molecule has 2 N–H and O–H groups in total. The van der Waals surface area contributed by atoms with Gasteiger partial charge in [0.2, 0.25) is 0 Å². The summed E-state index contributed by atoms with van der Waals surface area (Å²) in [5, 5.41) is 9.32. The van der Waals surface area contributed by atoms with Crippen molar-refractivity contribution in [1.29, 1.82) is 0 Å². The highest BCUT2D eigenvalue weighted by atomic mass is 35.5. The second-order valence-electron chi connectivity index (χ2n) is 4.06. The number of benzene rings is 1. The van der Waals surface area contributed by atoms with Crippen molar-refractivity contribution in [3.05, 3.63) is 50.6 Å². The smallest absolute Gasteiger partial charge is 0.335 e. The summed E-state index contributed by atoms with van der Waals surface area (Å²) in [7, 11) is 0. The Labute approximate surface area is 121 Å². The molecule has 3 rings (SSSR count). The molecule has 2 aromatic heterocycles. The molecule has 0 unspecified atom stereocenters. The van der Waals surface area contributed by atoms with Crippen molar-refractivity contribution in [2.75, 3.05) is 0 Å². The molecule has 0 aliphatic rings. The molecule has 3 aromatic rings. The molecule has 5 nitrogen and oxygen atoms in total. The summed E-state index contributed by atoms with van der Waals surface area (Å²) in [6.07, 6.45) is 0. The predicted molar refractivity (Wildman–Crippen MR) is 77.6 cm³/mol. The second kappa shape index (κ2) is 4.73. The topological polar surface area (TPSA) is 83.0 Å². The Balaban J connectivity index is 2.26. The Morgan fingerprint density at radius 3 is 2.75 bits per heavy atom. The van der Waals surface area contributed by atoms with Crippen molar-refractivity contribution < 1.29 is 9.90 Å². The molecule has 0 atom stereocenters. The predicted octanol–water partition coefficient (Wildman–Crippen LogP) is 3.00. The number of carboxylic acid groups (broad SMARTS) is 1. The number of thiophene rings is 1. The fourth-order valence-electron chi connectivity index (χ4n) is 1.83. The van der Waals surface area contributed by atoms with Gasteiger partial charge in [-0.25, -0.2) is 9.78 Å². The maximum atomic E-state index is 12.0. The highest BCUT2D eigenvalue weighted by molar-refractivity contribution is 7.19. The second-order valence-corrected chi connectivity index (χ2v) is 5.77. The van der Waals surface area contributed by atoms with Gasteiger partial charge in [0, 0.05) is 0 Å². The molecular weight excluding hydrogens is 300 g/mol. The summed E-state index contributed by atoms with van der Waals surface area (Å²) in [6.45, 7) is 0. The number of aromatic amines is 1. The zero-order valence-corrected chi connectivity index (χ0v) is 11.5. The van der Waals surface area contributed by atoms with E-state index < -0.39 is 5.97 Å². The Kier molecular flexibility index (Phi) is 3.04. The SMILES string of the molecule is O=C(O)c1ccc2c(=O)[nH]c(-c3ccc(Cl)s3)nc2c1. The van der Waals surface area contributed by atoms with Crippen LogP contribution >= 0.6 is 22.9 Å². The molecule has 0 aliphatic carbocycles. The van der Waals surface area contributed by atoms with Crippen molar-refractivity contribution >= 4 is 39.8 Å². The van der Waals surface area contributed by atoms with Crippen LogP contribution in [-0.2, 0) is 0 Å². The molecule has 2 heterocycles. The van der Waals surface area contributed by atoms with E-state index in [4.69, 9.17) is 16.7 Å². The average Bonchev–Trinajstić information content (AvgIpc) is 2.84. The first-order valence-corrected chi connectivity index (χ1v) is 6.77. The zero-order chi connectivity index (χ0) is 14.3. The van der Waals surface area contributed by atoms with Crippen LogP contribution in [0.1, 0.15) is 10.4 Å². The molecule has 1 aromatic carbocycles. The van der Waals surface area contributed by atoms with Gasteiger partial charge in [0.25, 0.3) is 5.56 Å². The van der Waals surface area contributed by atoms with E-state index in [-0.39, 0.29) is 11.1 Å². The summed E-state index contributed by atoms with van der Waals surface area (Å²) in [5.41, 5.74) is 0.116. The number of nitrogens with one attached hydrogen (secondary N) is 1. The van der Waals surface area contributed by atoms with E-state index in [0.717, 1.165) is 4.88 Å². The van der Waals surface area contributed by atoms with Crippen molar-refractivity contribution in [2.24, 2.45) is 0 Å². The number of nitrogens with zero attached hydrogens (tertiary/aromatic N) is 1. The number of aromatic carboxylic acids is 1. The molecule has 20 heavy (non-hydrogen) atoms. The van der Waals surface area contributed by atoms with Gasteiger partial charge in [-0.2, -0.15) is 0 Å². The third kappa shape index (κ3) is 2.19. The Hall–Kier alpha value is -2.18. The summed E-state index contributed by atoms with van der Waals surface area (Å²) in [4.78, 5) is 30.6. The number of H-pyrrole nitrogens is 1. The lowest BCUT2D eigenvalue weighted by Gasteiger charge is -2.02. The fraction of sp³-hybridized carbons (Fsp3) is 0. The van der Waals surface area contributed by atoms with Crippen LogP contribution in [0.3, 0.4) is 0 Å². The molecule has 100 valence electrons. The maximum Gasteiger partial charge on any atom is 0.335 e. The van der Waals surface area contributed by atoms with Crippen molar-refractivity contribution in [2.45, 2.75) is 0 Å². The van der Waals surface area contributed by atoms with Gasteiger partial charge in [0.15, 0.2) is 5.82 Å². The summed E-state index contributed by atoms with van der Waals surface area (Å²) in [6, 6.07) is 7.67. The number of aromatic nitrogens is 2. The normalized spacial score (nSPS) is 10.8. The van der Waals surface area contributed by atoms with Gasteiger partial charge in [-0.3, -0.25) is 4.79 Å². The molecule has 7 heteroatoms. The largest absolute Gasteiger partial charge is 0.478 e. The number of hydrogen-bond acceptors (Lipinski definition) is 4. The molecule has 0 fully saturated rings. The minimum absolute atomic E-state index is 0.0887. The first-order valence-electron chi connectivity index (χ1n) is 5.58. The van der Waals surface area contributed by atoms with Crippen LogP contribution in [0.2, 0.25) is 4.34 Å². The van der Waals surface area contributed by atoms with Crippen molar-refractivity contribution in [3.63, 3.8) is 0 Å². The quantitative estimate of drug-likeness (QED) is 0.762. The van der Waals surface area contributed by atoms with Crippen LogP contribution < -0.4 is 5.56 Å². The van der Waals surface area contributed by atoms with Gasteiger partial charge < -0.3 is 10.1 Å². The number of carboxylic acids is 1. The lowest BCUT2D eigenvalue weighted by molar-refractivity contribution is 0.0697. The van der Waals surface area contributed by atoms with Gasteiger partial charge in [-0.1, -0.05) is 11.6 Å². The van der Waals surface area contributed by atoms with E-state index in [1.165, 1.54) is 29.5 Å². The minimum atomic E-state index is -1.06. The monoisotopic (exact) mass is 306 g/mol. The fourth-order valence-corrected chi connectivity index (χ4v) is 2.82. The molecule has 0 spiro atoms. The van der Waals surface area contributed by atoms with E-state index in [9.17, 15) is 9.59 Å². The van der Waals surface area contributed by atoms with E-state index in [2.05, 4.69) is 9.97 Å². The van der Waals surface area contributed by atoms with Crippen LogP contribution in [0, 0.1) is 0 Å². The zero-order valence-electron chi connectivity index (χ0n) is 9.88. The third-order valence-corrected chi connectivity index (χ3v) is 4.00. The van der Waals surface area contributed by atoms with Gasteiger partial charge in [0.05, 0.1) is 25.7 Å². The molecule has 0 radical (unpaired) electrons. The lowest BCUT2D eigenvalue weighted by atomic mass is 10.1. The molecule has 0 saturated heterocycles.